The first kappa shape index (κ1) is 17.7. The Morgan fingerprint density at radius 3 is 1.60 bits per heavy atom. The van der Waals surface area contributed by atoms with E-state index in [1.807, 2.05) is 24.3 Å². The van der Waals surface area contributed by atoms with Gasteiger partial charge in [-0.2, -0.15) is 10.5 Å². The van der Waals surface area contributed by atoms with E-state index < -0.39 is 11.6 Å². The van der Waals surface area contributed by atoms with E-state index in [1.165, 1.54) is 12.2 Å². The lowest BCUT2D eigenvalue weighted by molar-refractivity contribution is 0.595. The smallest absolute Gasteiger partial charge is 0.131 e. The molecule has 2 heterocycles. The Kier molecular flexibility index (Phi) is 3.87. The normalized spacial score (nSPS) is 16.3. The van der Waals surface area contributed by atoms with Crippen LogP contribution in [0.15, 0.2) is 66.5 Å². The summed E-state index contributed by atoms with van der Waals surface area (Å²) in [5.74, 6) is -1.33. The highest BCUT2D eigenvalue weighted by molar-refractivity contribution is 6.18. The van der Waals surface area contributed by atoms with E-state index in [1.54, 1.807) is 24.5 Å². The molecule has 0 spiro atoms. The summed E-state index contributed by atoms with van der Waals surface area (Å²) in [4.78, 5) is 8.87. The molecule has 0 unspecified atom stereocenters. The van der Waals surface area contributed by atoms with E-state index in [-0.39, 0.29) is 22.3 Å². The first-order valence-corrected chi connectivity index (χ1v) is 9.01. The Bertz CT molecular complexity index is 1330. The Labute approximate surface area is 170 Å². The highest BCUT2D eigenvalue weighted by Crippen LogP contribution is 2.54. The van der Waals surface area contributed by atoms with E-state index >= 15 is 0 Å². The van der Waals surface area contributed by atoms with Gasteiger partial charge in [-0.3, -0.25) is 9.97 Å². The van der Waals surface area contributed by atoms with Gasteiger partial charge in [0.25, 0.3) is 0 Å². The quantitative estimate of drug-likeness (QED) is 0.392. The van der Waals surface area contributed by atoms with Crippen molar-refractivity contribution in [3.8, 4) is 23.5 Å². The van der Waals surface area contributed by atoms with Gasteiger partial charge in [0.15, 0.2) is 0 Å². The Morgan fingerprint density at radius 2 is 1.17 bits per heavy atom. The number of fused-ring (bicyclic) bond motifs is 4. The summed E-state index contributed by atoms with van der Waals surface area (Å²) in [7, 11) is 0. The molecule has 0 saturated carbocycles. The van der Waals surface area contributed by atoms with Gasteiger partial charge in [-0.15, -0.1) is 0 Å². The van der Waals surface area contributed by atoms with Crippen molar-refractivity contribution < 1.29 is 8.78 Å². The van der Waals surface area contributed by atoms with Gasteiger partial charge in [-0.25, -0.2) is 8.78 Å². The van der Waals surface area contributed by atoms with Gasteiger partial charge in [-0.05, 0) is 24.3 Å². The maximum Gasteiger partial charge on any atom is 0.131 e. The second-order valence-corrected chi connectivity index (χ2v) is 6.70. The lowest BCUT2D eigenvalue weighted by Crippen LogP contribution is -1.92. The van der Waals surface area contributed by atoms with Crippen LogP contribution in [0.1, 0.15) is 22.3 Å². The molecule has 0 atom stereocenters. The van der Waals surface area contributed by atoms with Crippen molar-refractivity contribution in [2.24, 2.45) is 0 Å². The second kappa shape index (κ2) is 6.58. The van der Waals surface area contributed by atoms with E-state index in [2.05, 4.69) is 9.97 Å². The molecule has 2 aromatic heterocycles. The second-order valence-electron chi connectivity index (χ2n) is 6.70. The minimum absolute atomic E-state index is 0.0247. The van der Waals surface area contributed by atoms with Gasteiger partial charge in [0.05, 0.1) is 23.5 Å². The first-order valence-electron chi connectivity index (χ1n) is 9.01. The molecule has 2 aliphatic carbocycles. The molecule has 0 saturated heterocycles. The minimum Gasteiger partial charge on any atom is -0.254 e. The average Bonchev–Trinajstić information content (AvgIpc) is 3.25. The molecule has 0 radical (unpaired) electrons. The van der Waals surface area contributed by atoms with Crippen molar-refractivity contribution in [2.75, 3.05) is 0 Å². The number of aromatic nitrogens is 2. The number of pyridine rings is 2. The molecular formula is C24H10F2N4. The summed E-state index contributed by atoms with van der Waals surface area (Å²) in [6, 6.07) is 13.1. The number of nitriles is 2. The van der Waals surface area contributed by atoms with Crippen LogP contribution in [0.25, 0.3) is 28.1 Å². The number of hydrogen-bond donors (Lipinski definition) is 0. The van der Waals surface area contributed by atoms with E-state index in [4.69, 9.17) is 0 Å². The molecule has 6 heteroatoms. The Hall–Kier alpha value is -4.42. The third kappa shape index (κ3) is 2.28. The minimum atomic E-state index is -0.664. The van der Waals surface area contributed by atoms with Gasteiger partial charge < -0.3 is 0 Å². The fourth-order valence-electron chi connectivity index (χ4n) is 4.17. The average molecular weight is 392 g/mol. The summed E-state index contributed by atoms with van der Waals surface area (Å²) in [5.41, 5.74) is 4.19. The van der Waals surface area contributed by atoms with Crippen molar-refractivity contribution in [2.45, 2.75) is 0 Å². The molecule has 2 aliphatic rings. The SMILES string of the molecule is N#C/C=C1/C(=C2c3cccnc3-c3ncccc32)/C(=C/C#N)c2c(F)ccc(F)c21. The fraction of sp³-hybridized carbons (Fsp3) is 0. The number of benzene rings is 1. The number of halogens is 2. The molecule has 4 nitrogen and oxygen atoms in total. The molecule has 3 aromatic rings. The highest BCUT2D eigenvalue weighted by atomic mass is 19.1. The Morgan fingerprint density at radius 1 is 0.700 bits per heavy atom. The van der Waals surface area contributed by atoms with E-state index in [0.29, 0.717) is 22.5 Å². The maximum absolute atomic E-state index is 14.8. The van der Waals surface area contributed by atoms with Gasteiger partial charge in [0, 0.05) is 69.1 Å². The van der Waals surface area contributed by atoms with Crippen LogP contribution < -0.4 is 0 Å². The summed E-state index contributed by atoms with van der Waals surface area (Å²) in [6.45, 7) is 0. The van der Waals surface area contributed by atoms with Crippen molar-refractivity contribution >= 4 is 16.7 Å². The molecule has 0 fully saturated rings. The summed E-state index contributed by atoms with van der Waals surface area (Å²) < 4.78 is 29.7. The van der Waals surface area contributed by atoms with Gasteiger partial charge in [-0.1, -0.05) is 12.1 Å². The van der Waals surface area contributed by atoms with Crippen LogP contribution in [0.2, 0.25) is 0 Å². The standard InChI is InChI=1S/C24H10F2N4/c25-17-5-6-18(26)22-14(8-10-28)19(13(7-9-27)21(17)22)20-15-3-1-11-29-23(15)24-16(20)4-2-12-30-24/h1-8,11-12H/b13-7-,14-8-. The molecule has 0 amide bonds. The van der Waals surface area contributed by atoms with Crippen molar-refractivity contribution in [3.05, 3.63) is 100 Å². The van der Waals surface area contributed by atoms with Gasteiger partial charge >= 0.3 is 0 Å². The van der Waals surface area contributed by atoms with Crippen LogP contribution in [-0.4, -0.2) is 9.97 Å². The van der Waals surface area contributed by atoms with Crippen LogP contribution in [0.5, 0.6) is 0 Å². The Balaban J connectivity index is 2.00. The summed E-state index contributed by atoms with van der Waals surface area (Å²) >= 11 is 0. The lowest BCUT2D eigenvalue weighted by Gasteiger charge is -2.11. The molecule has 30 heavy (non-hydrogen) atoms. The van der Waals surface area contributed by atoms with Gasteiger partial charge in [0.2, 0.25) is 0 Å². The molecule has 0 bridgehead atoms. The van der Waals surface area contributed by atoms with Gasteiger partial charge in [0.1, 0.15) is 11.6 Å². The lowest BCUT2D eigenvalue weighted by atomic mass is 9.91. The molecule has 1 aromatic carbocycles. The fourth-order valence-corrected chi connectivity index (χ4v) is 4.17. The van der Waals surface area contributed by atoms with E-state index in [9.17, 15) is 19.3 Å². The zero-order chi connectivity index (χ0) is 20.8. The summed E-state index contributed by atoms with van der Waals surface area (Å²) in [6.07, 6.45) is 5.66. The molecular weight excluding hydrogens is 382 g/mol. The van der Waals surface area contributed by atoms with Crippen LogP contribution >= 0.6 is 0 Å². The molecule has 5 rings (SSSR count). The first-order chi connectivity index (χ1) is 14.7. The third-order valence-electron chi connectivity index (χ3n) is 5.23. The van der Waals surface area contributed by atoms with E-state index in [0.717, 1.165) is 23.3 Å². The molecule has 0 N–H and O–H groups in total. The monoisotopic (exact) mass is 392 g/mol. The predicted molar refractivity (Wildman–Crippen MR) is 107 cm³/mol. The largest absolute Gasteiger partial charge is 0.254 e. The van der Waals surface area contributed by atoms with Crippen molar-refractivity contribution in [3.63, 3.8) is 0 Å². The number of hydrogen-bond acceptors (Lipinski definition) is 4. The highest BCUT2D eigenvalue weighted by Gasteiger charge is 2.38. The van der Waals surface area contributed by atoms with Crippen LogP contribution in [0.4, 0.5) is 8.78 Å². The predicted octanol–water partition coefficient (Wildman–Crippen LogP) is 5.06. The van der Waals surface area contributed by atoms with Crippen LogP contribution in [-0.2, 0) is 0 Å². The van der Waals surface area contributed by atoms with Crippen molar-refractivity contribution in [1.29, 1.82) is 10.5 Å². The third-order valence-corrected chi connectivity index (χ3v) is 5.23. The van der Waals surface area contributed by atoms with Crippen LogP contribution in [0, 0.1) is 34.3 Å². The zero-order valence-electron chi connectivity index (χ0n) is 15.3. The number of rotatable bonds is 0. The van der Waals surface area contributed by atoms with Crippen LogP contribution in [0.3, 0.4) is 0 Å². The number of nitrogens with zero attached hydrogens (tertiary/aromatic N) is 4. The zero-order valence-corrected chi connectivity index (χ0v) is 15.3. The topological polar surface area (TPSA) is 73.4 Å². The maximum atomic E-state index is 14.8. The van der Waals surface area contributed by atoms with Crippen molar-refractivity contribution in [1.82, 2.24) is 9.97 Å². The number of allylic oxidation sites excluding steroid dienone is 5. The summed E-state index contributed by atoms with van der Waals surface area (Å²) in [5, 5.41) is 18.8. The molecule has 140 valence electrons. The molecule has 0 aliphatic heterocycles.